The minimum Gasteiger partial charge on any atom is -0.352 e. The average molecular weight is 490 g/mol. The summed E-state index contributed by atoms with van der Waals surface area (Å²) in [4.78, 5) is 33.8. The Hall–Kier alpha value is -4.86. The van der Waals surface area contributed by atoms with Crippen LogP contribution in [-0.4, -0.2) is 45.6 Å². The number of nitrogens with one attached hydrogen (secondary N) is 3. The van der Waals surface area contributed by atoms with E-state index in [1.807, 2.05) is 42.1 Å². The van der Waals surface area contributed by atoms with Crippen LogP contribution in [0.1, 0.15) is 25.0 Å². The van der Waals surface area contributed by atoms with Crippen molar-refractivity contribution < 1.29 is 4.79 Å². The number of anilines is 1. The third kappa shape index (κ3) is 3.74. The number of aromatic nitrogens is 8. The van der Waals surface area contributed by atoms with E-state index in [-0.39, 0.29) is 11.8 Å². The smallest absolute Gasteiger partial charge is 0.227 e. The van der Waals surface area contributed by atoms with Crippen molar-refractivity contribution in [2.75, 3.05) is 5.32 Å². The zero-order valence-electron chi connectivity index (χ0n) is 20.1. The molecule has 6 heterocycles. The first-order valence-electron chi connectivity index (χ1n) is 12.2. The molecule has 0 aromatic carbocycles. The van der Waals surface area contributed by atoms with Crippen LogP contribution < -0.4 is 5.32 Å². The Kier molecular flexibility index (Phi) is 4.85. The number of hydrogen-bond acceptors (Lipinski definition) is 6. The summed E-state index contributed by atoms with van der Waals surface area (Å²) in [6.45, 7) is 1.96. The van der Waals surface area contributed by atoms with Gasteiger partial charge in [-0.3, -0.25) is 19.9 Å². The molecule has 182 valence electrons. The lowest BCUT2D eigenvalue weighted by molar-refractivity contribution is -0.122. The van der Waals surface area contributed by atoms with Crippen LogP contribution in [0.15, 0.2) is 61.6 Å². The molecule has 0 bridgehead atoms. The molecule has 0 atom stereocenters. The maximum Gasteiger partial charge on any atom is 0.227 e. The van der Waals surface area contributed by atoms with Crippen LogP contribution in [0.2, 0.25) is 0 Å². The second-order valence-corrected chi connectivity index (χ2v) is 9.47. The van der Waals surface area contributed by atoms with Crippen molar-refractivity contribution in [3.63, 3.8) is 0 Å². The fourth-order valence-electron chi connectivity index (χ4n) is 4.73. The number of aryl methyl sites for hydroxylation is 1. The topological polar surface area (TPSA) is 130 Å². The van der Waals surface area contributed by atoms with Gasteiger partial charge in [-0.05, 0) is 44.0 Å². The molecule has 0 radical (unpaired) electrons. The molecule has 1 aliphatic carbocycles. The van der Waals surface area contributed by atoms with E-state index in [0.29, 0.717) is 11.4 Å². The first-order valence-corrected chi connectivity index (χ1v) is 12.2. The second kappa shape index (κ2) is 8.37. The van der Waals surface area contributed by atoms with Crippen molar-refractivity contribution in [3.05, 3.63) is 67.3 Å². The number of fused-ring (bicyclic) bond motifs is 2. The van der Waals surface area contributed by atoms with E-state index in [0.717, 1.165) is 69.5 Å². The summed E-state index contributed by atoms with van der Waals surface area (Å²) in [7, 11) is 0. The van der Waals surface area contributed by atoms with Gasteiger partial charge in [-0.2, -0.15) is 5.10 Å². The molecule has 3 N–H and O–H groups in total. The zero-order valence-corrected chi connectivity index (χ0v) is 20.1. The number of imidazole rings is 1. The lowest BCUT2D eigenvalue weighted by Crippen LogP contribution is -2.28. The summed E-state index contributed by atoms with van der Waals surface area (Å²) < 4.78 is 1.96. The van der Waals surface area contributed by atoms with Gasteiger partial charge < -0.3 is 14.9 Å². The predicted octanol–water partition coefficient (Wildman–Crippen LogP) is 4.80. The number of carbonyl (C=O) groups is 1. The highest BCUT2D eigenvalue weighted by Crippen LogP contribution is 2.32. The number of H-pyrrole nitrogens is 2. The van der Waals surface area contributed by atoms with E-state index in [2.05, 4.69) is 41.5 Å². The summed E-state index contributed by atoms with van der Waals surface area (Å²) in [5.41, 5.74) is 8.10. The Morgan fingerprint density at radius 3 is 2.78 bits per heavy atom. The zero-order chi connectivity index (χ0) is 24.9. The lowest BCUT2D eigenvalue weighted by Gasteiger charge is -2.24. The van der Waals surface area contributed by atoms with Gasteiger partial charge in [-0.25, -0.2) is 9.97 Å². The molecule has 1 saturated carbocycles. The van der Waals surface area contributed by atoms with Gasteiger partial charge in [-0.15, -0.1) is 0 Å². The summed E-state index contributed by atoms with van der Waals surface area (Å²) >= 11 is 0. The molecule has 0 saturated heterocycles. The fourth-order valence-corrected chi connectivity index (χ4v) is 4.73. The third-order valence-electron chi connectivity index (χ3n) is 6.95. The number of pyridine rings is 3. The van der Waals surface area contributed by atoms with Gasteiger partial charge in [0.05, 0.1) is 64.4 Å². The quantitative estimate of drug-likeness (QED) is 0.319. The largest absolute Gasteiger partial charge is 0.352 e. The first-order chi connectivity index (χ1) is 18.1. The molecule has 6 aromatic rings. The van der Waals surface area contributed by atoms with Crippen molar-refractivity contribution in [3.8, 4) is 28.3 Å². The highest BCUT2D eigenvalue weighted by Gasteiger charge is 2.25. The van der Waals surface area contributed by atoms with Crippen molar-refractivity contribution in [1.29, 1.82) is 0 Å². The summed E-state index contributed by atoms with van der Waals surface area (Å²) in [5.74, 6) is 0.167. The average Bonchev–Trinajstić information content (AvgIpc) is 3.60. The number of rotatable bonds is 5. The van der Waals surface area contributed by atoms with Gasteiger partial charge in [0.2, 0.25) is 5.91 Å². The summed E-state index contributed by atoms with van der Waals surface area (Å²) in [6.07, 6.45) is 13.8. The van der Waals surface area contributed by atoms with E-state index in [9.17, 15) is 4.79 Å². The SMILES string of the molecule is Cc1cn(-c2cncc3[nH]c(-c4n[nH]c5ccc(-c6cncc(NC(=O)C7CCC7)c6)nc45)cc23)cn1. The molecule has 6 aromatic heterocycles. The van der Waals surface area contributed by atoms with Crippen LogP contribution in [0.25, 0.3) is 50.3 Å². The molecular weight excluding hydrogens is 466 g/mol. The number of nitrogens with zero attached hydrogens (tertiary/aromatic N) is 6. The van der Waals surface area contributed by atoms with Gasteiger partial charge in [0.25, 0.3) is 0 Å². The van der Waals surface area contributed by atoms with Gasteiger partial charge in [0.1, 0.15) is 11.2 Å². The lowest BCUT2D eigenvalue weighted by atomic mass is 9.85. The number of hydrogen-bond donors (Lipinski definition) is 3. The van der Waals surface area contributed by atoms with E-state index in [4.69, 9.17) is 4.98 Å². The van der Waals surface area contributed by atoms with E-state index >= 15 is 0 Å². The number of carbonyl (C=O) groups excluding carboxylic acids is 1. The van der Waals surface area contributed by atoms with Crippen molar-refractivity contribution in [2.24, 2.45) is 5.92 Å². The van der Waals surface area contributed by atoms with Crippen LogP contribution in [0.3, 0.4) is 0 Å². The van der Waals surface area contributed by atoms with Crippen LogP contribution >= 0.6 is 0 Å². The molecule has 0 unspecified atom stereocenters. The van der Waals surface area contributed by atoms with Gasteiger partial charge in [0, 0.05) is 29.3 Å². The van der Waals surface area contributed by atoms with Gasteiger partial charge in [-0.1, -0.05) is 6.42 Å². The van der Waals surface area contributed by atoms with Crippen molar-refractivity contribution in [2.45, 2.75) is 26.2 Å². The number of amides is 1. The highest BCUT2D eigenvalue weighted by atomic mass is 16.1. The predicted molar refractivity (Wildman–Crippen MR) is 140 cm³/mol. The Morgan fingerprint density at radius 1 is 1.08 bits per heavy atom. The molecule has 1 amide bonds. The monoisotopic (exact) mass is 489 g/mol. The van der Waals surface area contributed by atoms with Gasteiger partial charge >= 0.3 is 0 Å². The van der Waals surface area contributed by atoms with Crippen LogP contribution in [0.4, 0.5) is 5.69 Å². The third-order valence-corrected chi connectivity index (χ3v) is 6.95. The Labute approximate surface area is 211 Å². The normalized spacial score (nSPS) is 13.8. The van der Waals surface area contributed by atoms with E-state index in [1.54, 1.807) is 24.9 Å². The summed E-state index contributed by atoms with van der Waals surface area (Å²) in [5, 5.41) is 11.7. The molecule has 10 heteroatoms. The Morgan fingerprint density at radius 2 is 1.97 bits per heavy atom. The number of aromatic amines is 2. The second-order valence-electron chi connectivity index (χ2n) is 9.47. The molecule has 1 fully saturated rings. The van der Waals surface area contributed by atoms with Gasteiger partial charge in [0.15, 0.2) is 0 Å². The molecule has 7 rings (SSSR count). The Bertz CT molecular complexity index is 1790. The van der Waals surface area contributed by atoms with Crippen molar-refractivity contribution >= 4 is 33.5 Å². The van der Waals surface area contributed by atoms with Crippen LogP contribution in [0, 0.1) is 12.8 Å². The maximum absolute atomic E-state index is 12.4. The standard InChI is InChI=1S/C27H23N9O/c1-15-13-36(14-30-15)24-12-29-11-23-19(24)8-22(32-23)26-25-21(34-35-26)6-5-20(33-25)17-7-18(10-28-9-17)31-27(37)16-3-2-4-16/h5-14,16,32H,2-4H2,1H3,(H,31,37)(H,34,35). The van der Waals surface area contributed by atoms with E-state index < -0.39 is 0 Å². The summed E-state index contributed by atoms with van der Waals surface area (Å²) in [6, 6.07) is 7.85. The molecule has 0 aliphatic heterocycles. The fraction of sp³-hybridized carbons (Fsp3) is 0.185. The van der Waals surface area contributed by atoms with Crippen LogP contribution in [0.5, 0.6) is 0 Å². The van der Waals surface area contributed by atoms with Crippen molar-refractivity contribution in [1.82, 2.24) is 39.7 Å². The maximum atomic E-state index is 12.4. The van der Waals surface area contributed by atoms with Crippen LogP contribution in [-0.2, 0) is 4.79 Å². The molecular formula is C27H23N9O. The highest BCUT2D eigenvalue weighted by molar-refractivity contribution is 5.97. The molecule has 1 aliphatic rings. The Balaban J connectivity index is 1.26. The molecule has 0 spiro atoms. The minimum atomic E-state index is 0.0595. The minimum absolute atomic E-state index is 0.0595. The van der Waals surface area contributed by atoms with E-state index in [1.165, 1.54) is 0 Å². The first kappa shape index (κ1) is 21.4. The molecule has 37 heavy (non-hydrogen) atoms. The molecule has 10 nitrogen and oxygen atoms in total.